The Bertz CT molecular complexity index is 955. The summed E-state index contributed by atoms with van der Waals surface area (Å²) < 4.78 is 8.55. The highest BCUT2D eigenvalue weighted by Crippen LogP contribution is 2.12. The van der Waals surface area contributed by atoms with Crippen molar-refractivity contribution in [2.24, 2.45) is 0 Å². The second-order valence-electron chi connectivity index (χ2n) is 6.39. The number of benzene rings is 1. The number of aliphatic hydroxyl groups is 1. The molecule has 1 unspecified atom stereocenters. The van der Waals surface area contributed by atoms with Crippen molar-refractivity contribution in [2.45, 2.75) is 33.1 Å². The van der Waals surface area contributed by atoms with E-state index in [9.17, 15) is 14.7 Å². The third-order valence-electron chi connectivity index (χ3n) is 4.21. The maximum atomic E-state index is 12.7. The first-order valence-electron chi connectivity index (χ1n) is 8.64. The number of ether oxygens (including phenoxy) is 1. The molecule has 0 aliphatic heterocycles. The predicted molar refractivity (Wildman–Crippen MR) is 105 cm³/mol. The Morgan fingerprint density at radius 1 is 1.26 bits per heavy atom. The van der Waals surface area contributed by atoms with Gasteiger partial charge in [0.2, 0.25) is 0 Å². The standard InChI is InChI=1S/C20H22N2O4S/c1-14-10-21(11-18(24)12-26-13-19-4-3-9-27-19)20(25)22(14)17-7-5-16(6-8-17)15(2)23/h3-10,18,24H,11-13H2,1-2H3. The topological polar surface area (TPSA) is 73.5 Å². The fraction of sp³-hybridized carbons (Fsp3) is 0.300. The van der Waals surface area contributed by atoms with Gasteiger partial charge in [0, 0.05) is 22.3 Å². The molecule has 3 rings (SSSR count). The molecule has 3 aromatic rings. The van der Waals surface area contributed by atoms with Gasteiger partial charge in [0.1, 0.15) is 0 Å². The number of carbonyl (C=O) groups excluding carboxylic acids is 1. The molecule has 0 aliphatic rings. The molecule has 0 fully saturated rings. The molecule has 0 amide bonds. The molecule has 1 atom stereocenters. The van der Waals surface area contributed by atoms with Crippen LogP contribution in [-0.4, -0.2) is 32.7 Å². The van der Waals surface area contributed by atoms with Gasteiger partial charge in [0.15, 0.2) is 5.78 Å². The number of thiophene rings is 1. The molecule has 0 radical (unpaired) electrons. The van der Waals surface area contributed by atoms with E-state index in [2.05, 4.69) is 0 Å². The van der Waals surface area contributed by atoms with Gasteiger partial charge in [-0.1, -0.05) is 6.07 Å². The summed E-state index contributed by atoms with van der Waals surface area (Å²) in [5.41, 5.74) is 1.80. The minimum absolute atomic E-state index is 0.0196. The number of aryl methyl sites for hydroxylation is 1. The average Bonchev–Trinajstić information content (AvgIpc) is 3.24. The van der Waals surface area contributed by atoms with Crippen LogP contribution in [0.2, 0.25) is 0 Å². The Kier molecular flexibility index (Phi) is 6.05. The number of ketones is 1. The van der Waals surface area contributed by atoms with E-state index < -0.39 is 6.10 Å². The van der Waals surface area contributed by atoms with Gasteiger partial charge in [-0.15, -0.1) is 11.3 Å². The van der Waals surface area contributed by atoms with Crippen molar-refractivity contribution >= 4 is 17.1 Å². The van der Waals surface area contributed by atoms with Crippen LogP contribution in [0.5, 0.6) is 0 Å². The highest BCUT2D eigenvalue weighted by molar-refractivity contribution is 7.09. The summed E-state index contributed by atoms with van der Waals surface area (Å²) in [7, 11) is 0. The van der Waals surface area contributed by atoms with Gasteiger partial charge < -0.3 is 9.84 Å². The fourth-order valence-electron chi connectivity index (χ4n) is 2.88. The number of rotatable bonds is 8. The van der Waals surface area contributed by atoms with Crippen LogP contribution in [-0.2, 0) is 17.9 Å². The molecule has 27 heavy (non-hydrogen) atoms. The summed E-state index contributed by atoms with van der Waals surface area (Å²) in [6.07, 6.45) is 0.932. The van der Waals surface area contributed by atoms with E-state index in [1.165, 1.54) is 11.5 Å². The molecule has 0 aliphatic carbocycles. The molecule has 0 saturated carbocycles. The number of Topliss-reactive ketones (excluding diaryl/α,β-unsaturated/α-hetero) is 1. The Morgan fingerprint density at radius 2 is 2.00 bits per heavy atom. The molecular formula is C20H22N2O4S. The molecule has 0 bridgehead atoms. The molecule has 1 aromatic carbocycles. The van der Waals surface area contributed by atoms with E-state index in [4.69, 9.17) is 4.74 Å². The number of imidazole rings is 1. The van der Waals surface area contributed by atoms with E-state index in [1.54, 1.807) is 46.4 Å². The van der Waals surface area contributed by atoms with E-state index in [-0.39, 0.29) is 24.6 Å². The third kappa shape index (κ3) is 4.63. The van der Waals surface area contributed by atoms with Gasteiger partial charge in [-0.3, -0.25) is 13.9 Å². The van der Waals surface area contributed by atoms with Gasteiger partial charge in [-0.25, -0.2) is 4.79 Å². The second-order valence-corrected chi connectivity index (χ2v) is 7.42. The van der Waals surface area contributed by atoms with Crippen molar-refractivity contribution in [1.29, 1.82) is 0 Å². The molecule has 0 spiro atoms. The quantitative estimate of drug-likeness (QED) is 0.604. The zero-order valence-electron chi connectivity index (χ0n) is 15.3. The number of nitrogens with zero attached hydrogens (tertiary/aromatic N) is 2. The smallest absolute Gasteiger partial charge is 0.333 e. The molecule has 2 aromatic heterocycles. The SMILES string of the molecule is CC(=O)c1ccc(-n2c(C)cn(CC(O)COCc3cccs3)c2=O)cc1. The number of aromatic nitrogens is 2. The molecule has 142 valence electrons. The van der Waals surface area contributed by atoms with Crippen LogP contribution < -0.4 is 5.69 Å². The van der Waals surface area contributed by atoms with E-state index in [0.29, 0.717) is 17.9 Å². The van der Waals surface area contributed by atoms with Crippen LogP contribution in [0.15, 0.2) is 52.8 Å². The fourth-order valence-corrected chi connectivity index (χ4v) is 3.52. The van der Waals surface area contributed by atoms with Crippen LogP contribution >= 0.6 is 11.3 Å². The minimum Gasteiger partial charge on any atom is -0.389 e. The Balaban J connectivity index is 1.67. The van der Waals surface area contributed by atoms with Gasteiger partial charge in [-0.05, 0) is 49.6 Å². The van der Waals surface area contributed by atoms with Crippen molar-refractivity contribution in [1.82, 2.24) is 9.13 Å². The average molecular weight is 386 g/mol. The van der Waals surface area contributed by atoms with Crippen LogP contribution in [0.25, 0.3) is 5.69 Å². The number of carbonyl (C=O) groups is 1. The van der Waals surface area contributed by atoms with Crippen molar-refractivity contribution in [3.63, 3.8) is 0 Å². The summed E-state index contributed by atoms with van der Waals surface area (Å²) in [6, 6.07) is 10.8. The van der Waals surface area contributed by atoms with Gasteiger partial charge in [0.05, 0.1) is 31.5 Å². The van der Waals surface area contributed by atoms with E-state index >= 15 is 0 Å². The van der Waals surface area contributed by atoms with Crippen LogP contribution in [0.3, 0.4) is 0 Å². The van der Waals surface area contributed by atoms with E-state index in [0.717, 1.165) is 10.6 Å². The Morgan fingerprint density at radius 3 is 2.63 bits per heavy atom. The second kappa shape index (κ2) is 8.47. The summed E-state index contributed by atoms with van der Waals surface area (Å²) in [6.45, 7) is 4.10. The molecule has 6 nitrogen and oxygen atoms in total. The maximum absolute atomic E-state index is 12.7. The molecule has 2 heterocycles. The lowest BCUT2D eigenvalue weighted by atomic mass is 10.1. The maximum Gasteiger partial charge on any atom is 0.333 e. The Labute approximate surface area is 161 Å². The lowest BCUT2D eigenvalue weighted by Crippen LogP contribution is -2.30. The van der Waals surface area contributed by atoms with E-state index in [1.807, 2.05) is 24.4 Å². The van der Waals surface area contributed by atoms with Crippen LogP contribution in [0.1, 0.15) is 27.9 Å². The van der Waals surface area contributed by atoms with Gasteiger partial charge >= 0.3 is 5.69 Å². The highest BCUT2D eigenvalue weighted by Gasteiger charge is 2.14. The first-order valence-corrected chi connectivity index (χ1v) is 9.52. The minimum atomic E-state index is -0.780. The van der Waals surface area contributed by atoms with Crippen LogP contribution in [0.4, 0.5) is 0 Å². The Hall–Kier alpha value is -2.48. The molecular weight excluding hydrogens is 364 g/mol. The van der Waals surface area contributed by atoms with Crippen molar-refractivity contribution in [2.75, 3.05) is 6.61 Å². The predicted octanol–water partition coefficient (Wildman–Crippen LogP) is 2.79. The summed E-state index contributed by atoms with van der Waals surface area (Å²) >= 11 is 1.60. The molecule has 1 N–H and O–H groups in total. The largest absolute Gasteiger partial charge is 0.389 e. The normalized spacial score (nSPS) is 12.3. The number of hydrogen-bond donors (Lipinski definition) is 1. The zero-order chi connectivity index (χ0) is 19.4. The molecule has 7 heteroatoms. The monoisotopic (exact) mass is 386 g/mol. The van der Waals surface area contributed by atoms with Crippen molar-refractivity contribution in [3.05, 3.63) is 74.6 Å². The van der Waals surface area contributed by atoms with Crippen molar-refractivity contribution in [3.8, 4) is 5.69 Å². The molecule has 0 saturated heterocycles. The lowest BCUT2D eigenvalue weighted by Gasteiger charge is -2.11. The third-order valence-corrected chi connectivity index (χ3v) is 5.06. The van der Waals surface area contributed by atoms with Gasteiger partial charge in [0.25, 0.3) is 0 Å². The summed E-state index contributed by atoms with van der Waals surface area (Å²) in [5.74, 6) is -0.0196. The first kappa shape index (κ1) is 19.3. The van der Waals surface area contributed by atoms with Gasteiger partial charge in [-0.2, -0.15) is 0 Å². The summed E-state index contributed by atoms with van der Waals surface area (Å²) in [5, 5.41) is 12.2. The number of aliphatic hydroxyl groups excluding tert-OH is 1. The summed E-state index contributed by atoms with van der Waals surface area (Å²) in [4.78, 5) is 25.2. The first-order chi connectivity index (χ1) is 13.0. The highest BCUT2D eigenvalue weighted by atomic mass is 32.1. The number of hydrogen-bond acceptors (Lipinski definition) is 5. The van der Waals surface area contributed by atoms with Crippen molar-refractivity contribution < 1.29 is 14.6 Å². The zero-order valence-corrected chi connectivity index (χ0v) is 16.1. The lowest BCUT2D eigenvalue weighted by molar-refractivity contribution is 0.0208. The van der Waals surface area contributed by atoms with Crippen LogP contribution in [0, 0.1) is 6.92 Å².